The lowest BCUT2D eigenvalue weighted by atomic mass is 9.34. The van der Waals surface area contributed by atoms with Crippen LogP contribution in [0.25, 0.3) is 10.9 Å². The standard InChI is InChI=1S/C24H22F2N4O2/c1-32-19-3-2-15-10-29(28-20(15)9-19)14-23-11-24(12-23,13-23)22(31)30-21(4-5-27-30)16-6-17(25)8-18(26)7-16/h2-3,5-10,21H,4,11-14H2,1H3. The average molecular weight is 436 g/mol. The van der Waals surface area contributed by atoms with Crippen molar-refractivity contribution in [3.8, 4) is 5.75 Å². The highest BCUT2D eigenvalue weighted by Crippen LogP contribution is 2.74. The molecule has 2 heterocycles. The Morgan fingerprint density at radius 2 is 1.91 bits per heavy atom. The maximum absolute atomic E-state index is 13.7. The highest BCUT2D eigenvalue weighted by Gasteiger charge is 2.72. The monoisotopic (exact) mass is 436 g/mol. The number of hydrogen-bond acceptors (Lipinski definition) is 4. The number of nitrogens with zero attached hydrogens (tertiary/aromatic N) is 4. The van der Waals surface area contributed by atoms with Gasteiger partial charge in [0.05, 0.1) is 24.1 Å². The molecule has 1 atom stereocenters. The molecule has 3 fully saturated rings. The van der Waals surface area contributed by atoms with Crippen molar-refractivity contribution in [1.29, 1.82) is 0 Å². The van der Waals surface area contributed by atoms with Crippen molar-refractivity contribution in [2.24, 2.45) is 15.9 Å². The summed E-state index contributed by atoms with van der Waals surface area (Å²) in [5, 5.41) is 11.4. The highest BCUT2D eigenvalue weighted by atomic mass is 19.1. The molecule has 3 aromatic rings. The molecule has 8 heteroatoms. The number of aromatic nitrogens is 2. The predicted octanol–water partition coefficient (Wildman–Crippen LogP) is 4.45. The number of ether oxygens (including phenoxy) is 1. The van der Waals surface area contributed by atoms with Crippen molar-refractivity contribution >= 4 is 23.0 Å². The van der Waals surface area contributed by atoms with E-state index in [-0.39, 0.29) is 11.3 Å². The Kier molecular flexibility index (Phi) is 4.00. The lowest BCUT2D eigenvalue weighted by molar-refractivity contribution is -0.223. The van der Waals surface area contributed by atoms with Gasteiger partial charge in [-0.25, -0.2) is 13.8 Å². The van der Waals surface area contributed by atoms with Gasteiger partial charge >= 0.3 is 0 Å². The zero-order valence-corrected chi connectivity index (χ0v) is 17.6. The van der Waals surface area contributed by atoms with Gasteiger partial charge in [0.2, 0.25) is 5.91 Å². The third-order valence-electron chi connectivity index (χ3n) is 7.16. The van der Waals surface area contributed by atoms with Crippen molar-refractivity contribution < 1.29 is 18.3 Å². The van der Waals surface area contributed by atoms with Crippen LogP contribution in [0.15, 0.2) is 47.7 Å². The van der Waals surface area contributed by atoms with Crippen molar-refractivity contribution in [3.63, 3.8) is 0 Å². The minimum atomic E-state index is -0.645. The van der Waals surface area contributed by atoms with Gasteiger partial charge in [-0.2, -0.15) is 10.2 Å². The van der Waals surface area contributed by atoms with Crippen LogP contribution in [-0.4, -0.2) is 34.0 Å². The molecule has 4 aliphatic rings. The second-order valence-electron chi connectivity index (χ2n) is 9.46. The van der Waals surface area contributed by atoms with E-state index in [0.717, 1.165) is 48.5 Å². The molecule has 0 radical (unpaired) electrons. The van der Waals surface area contributed by atoms with Gasteiger partial charge < -0.3 is 4.74 Å². The summed E-state index contributed by atoms with van der Waals surface area (Å²) in [6.07, 6.45) is 6.50. The number of carbonyl (C=O) groups is 1. The third-order valence-corrected chi connectivity index (χ3v) is 7.16. The second-order valence-corrected chi connectivity index (χ2v) is 9.46. The normalized spacial score (nSPS) is 28.0. The van der Waals surface area contributed by atoms with Crippen LogP contribution >= 0.6 is 0 Å². The number of amides is 1. The van der Waals surface area contributed by atoms with E-state index in [0.29, 0.717) is 12.0 Å². The Bertz CT molecular complexity index is 1240. The maximum Gasteiger partial charge on any atom is 0.249 e. The van der Waals surface area contributed by atoms with Gasteiger partial charge in [0.25, 0.3) is 0 Å². The Balaban J connectivity index is 1.16. The predicted molar refractivity (Wildman–Crippen MR) is 114 cm³/mol. The van der Waals surface area contributed by atoms with E-state index in [1.165, 1.54) is 17.1 Å². The topological polar surface area (TPSA) is 59.7 Å². The molecule has 1 aliphatic heterocycles. The van der Waals surface area contributed by atoms with Gasteiger partial charge in [0.15, 0.2) is 0 Å². The van der Waals surface area contributed by atoms with E-state index in [1.54, 1.807) is 13.3 Å². The number of hydrazone groups is 1. The summed E-state index contributed by atoms with van der Waals surface area (Å²) in [6.45, 7) is 0.765. The van der Waals surface area contributed by atoms with Crippen LogP contribution in [0.4, 0.5) is 8.78 Å². The SMILES string of the molecule is COc1ccc2cn(CC34CC(C(=O)N5N=CCC5c5cc(F)cc(F)c5)(C3)C4)nc2c1. The second kappa shape index (κ2) is 6.60. The fraction of sp³-hybridized carbons (Fsp3) is 0.375. The van der Waals surface area contributed by atoms with Crippen LogP contribution in [0.5, 0.6) is 5.75 Å². The molecule has 164 valence electrons. The van der Waals surface area contributed by atoms with Gasteiger partial charge in [-0.1, -0.05) is 0 Å². The number of carbonyl (C=O) groups excluding carboxylic acids is 1. The van der Waals surface area contributed by atoms with E-state index >= 15 is 0 Å². The Hall–Kier alpha value is -3.29. The zero-order chi connectivity index (χ0) is 22.1. The number of methoxy groups -OCH3 is 1. The minimum absolute atomic E-state index is 0.0434. The van der Waals surface area contributed by atoms with Gasteiger partial charge in [-0.15, -0.1) is 0 Å². The van der Waals surface area contributed by atoms with Crippen molar-refractivity contribution in [3.05, 3.63) is 59.8 Å². The largest absolute Gasteiger partial charge is 0.497 e. The molecule has 32 heavy (non-hydrogen) atoms. The molecule has 0 saturated heterocycles. The summed E-state index contributed by atoms with van der Waals surface area (Å²) in [5.74, 6) is -0.559. The zero-order valence-electron chi connectivity index (χ0n) is 17.6. The number of halogens is 2. The molecule has 6 nitrogen and oxygen atoms in total. The molecular weight excluding hydrogens is 414 g/mol. The molecule has 2 aromatic carbocycles. The molecule has 0 N–H and O–H groups in total. The molecule has 0 spiro atoms. The van der Waals surface area contributed by atoms with Crippen LogP contribution < -0.4 is 4.74 Å². The first kappa shape index (κ1) is 19.4. The summed E-state index contributed by atoms with van der Waals surface area (Å²) in [6, 6.07) is 8.77. The van der Waals surface area contributed by atoms with Crippen LogP contribution in [0, 0.1) is 22.5 Å². The number of fused-ring (bicyclic) bond motifs is 1. The maximum atomic E-state index is 13.7. The number of hydrogen-bond donors (Lipinski definition) is 0. The Morgan fingerprint density at radius 3 is 2.62 bits per heavy atom. The van der Waals surface area contributed by atoms with Crippen LogP contribution in [-0.2, 0) is 11.3 Å². The molecule has 3 aliphatic carbocycles. The first-order chi connectivity index (χ1) is 15.4. The lowest BCUT2D eigenvalue weighted by Crippen LogP contribution is -2.68. The Morgan fingerprint density at radius 1 is 1.16 bits per heavy atom. The molecule has 2 bridgehead atoms. The Labute approximate surface area is 183 Å². The molecule has 7 rings (SSSR count). The summed E-state index contributed by atoms with van der Waals surface area (Å²) in [5.41, 5.74) is 0.986. The van der Waals surface area contributed by atoms with E-state index in [9.17, 15) is 13.6 Å². The highest BCUT2D eigenvalue weighted by molar-refractivity contribution is 5.88. The fourth-order valence-electron chi connectivity index (χ4n) is 5.89. The van der Waals surface area contributed by atoms with Crippen LogP contribution in [0.2, 0.25) is 0 Å². The average Bonchev–Trinajstić information content (AvgIpc) is 3.34. The van der Waals surface area contributed by atoms with Gasteiger partial charge in [0.1, 0.15) is 17.4 Å². The van der Waals surface area contributed by atoms with E-state index in [2.05, 4.69) is 10.2 Å². The third kappa shape index (κ3) is 2.85. The van der Waals surface area contributed by atoms with Crippen LogP contribution in [0.3, 0.4) is 0 Å². The van der Waals surface area contributed by atoms with Crippen molar-refractivity contribution in [2.75, 3.05) is 7.11 Å². The quantitative estimate of drug-likeness (QED) is 0.594. The number of rotatable bonds is 5. The van der Waals surface area contributed by atoms with Gasteiger partial charge in [-0.3, -0.25) is 9.48 Å². The molecular formula is C24H22F2N4O2. The first-order valence-corrected chi connectivity index (χ1v) is 10.7. The first-order valence-electron chi connectivity index (χ1n) is 10.7. The van der Waals surface area contributed by atoms with E-state index in [1.807, 2.05) is 29.1 Å². The summed E-state index contributed by atoms with van der Waals surface area (Å²) < 4.78 is 34.6. The molecule has 1 unspecified atom stereocenters. The molecule has 1 aromatic heterocycles. The van der Waals surface area contributed by atoms with E-state index < -0.39 is 23.1 Å². The van der Waals surface area contributed by atoms with Crippen molar-refractivity contribution in [1.82, 2.24) is 14.8 Å². The minimum Gasteiger partial charge on any atom is -0.497 e. The summed E-state index contributed by atoms with van der Waals surface area (Å²) in [7, 11) is 1.64. The summed E-state index contributed by atoms with van der Waals surface area (Å²) in [4.78, 5) is 13.3. The molecule has 1 amide bonds. The smallest absolute Gasteiger partial charge is 0.249 e. The van der Waals surface area contributed by atoms with Crippen LogP contribution in [0.1, 0.15) is 37.3 Å². The summed E-state index contributed by atoms with van der Waals surface area (Å²) >= 11 is 0. The number of benzene rings is 2. The lowest BCUT2D eigenvalue weighted by Gasteiger charge is -2.69. The van der Waals surface area contributed by atoms with Gasteiger partial charge in [0, 0.05) is 42.9 Å². The molecule has 3 saturated carbocycles. The van der Waals surface area contributed by atoms with Crippen molar-refractivity contribution in [2.45, 2.75) is 38.3 Å². The fourth-order valence-corrected chi connectivity index (χ4v) is 5.89. The van der Waals surface area contributed by atoms with Gasteiger partial charge in [-0.05, 0) is 54.5 Å². The van der Waals surface area contributed by atoms with E-state index in [4.69, 9.17) is 4.74 Å².